The Kier molecular flexibility index (Phi) is 6.60. The highest BCUT2D eigenvalue weighted by Gasteiger charge is 2.11. The Morgan fingerprint density at radius 1 is 1.09 bits per heavy atom. The normalized spacial score (nSPS) is 11.2. The number of amides is 1. The van der Waals surface area contributed by atoms with Gasteiger partial charge in [-0.3, -0.25) is 4.79 Å². The van der Waals surface area contributed by atoms with Gasteiger partial charge in [0.25, 0.3) is 5.91 Å². The number of aryl methyl sites for hydroxylation is 2. The molecule has 0 aliphatic heterocycles. The Labute approximate surface area is 197 Å². The lowest BCUT2D eigenvalue weighted by Gasteiger charge is -2.12. The molecule has 170 valence electrons. The van der Waals surface area contributed by atoms with Crippen LogP contribution in [0.3, 0.4) is 0 Å². The maximum Gasteiger partial charge on any atom is 0.262 e. The number of aromatic amines is 1. The third-order valence-corrected chi connectivity index (χ3v) is 5.41. The van der Waals surface area contributed by atoms with Crippen LogP contribution in [-0.2, 0) is 4.79 Å². The molecule has 0 saturated heterocycles. The molecular formula is C27H24N4O3. The van der Waals surface area contributed by atoms with Crippen LogP contribution in [0.25, 0.3) is 22.7 Å². The summed E-state index contributed by atoms with van der Waals surface area (Å²) in [5, 5.41) is 12.5. The molecule has 0 atom stereocenters. The van der Waals surface area contributed by atoms with Gasteiger partial charge in [-0.25, -0.2) is 4.98 Å². The average Bonchev–Trinajstić information content (AvgIpc) is 3.28. The van der Waals surface area contributed by atoms with Crippen molar-refractivity contribution in [3.63, 3.8) is 0 Å². The highest BCUT2D eigenvalue weighted by molar-refractivity contribution is 5.92. The Hall–Kier alpha value is -4.57. The number of aromatic nitrogens is 2. The second kappa shape index (κ2) is 9.92. The molecule has 1 aromatic heterocycles. The Morgan fingerprint density at radius 2 is 1.91 bits per heavy atom. The van der Waals surface area contributed by atoms with Gasteiger partial charge in [0, 0.05) is 5.69 Å². The minimum Gasteiger partial charge on any atom is -0.493 e. The molecular weight excluding hydrogens is 428 g/mol. The van der Waals surface area contributed by atoms with E-state index in [9.17, 15) is 10.1 Å². The van der Waals surface area contributed by atoms with Gasteiger partial charge >= 0.3 is 0 Å². The van der Waals surface area contributed by atoms with E-state index in [1.54, 1.807) is 24.3 Å². The summed E-state index contributed by atoms with van der Waals surface area (Å²) >= 11 is 0. The molecule has 0 aliphatic carbocycles. The first-order chi connectivity index (χ1) is 16.5. The van der Waals surface area contributed by atoms with Crippen molar-refractivity contribution >= 4 is 34.3 Å². The van der Waals surface area contributed by atoms with Crippen LogP contribution in [0.2, 0.25) is 0 Å². The lowest BCUT2D eigenvalue weighted by Crippen LogP contribution is -2.20. The fourth-order valence-corrected chi connectivity index (χ4v) is 3.45. The standard InChI is InChI=1S/C27H24N4O3/c1-17-8-10-21(12-18(17)2)29-26(32)16-34-24-11-9-19(14-25(24)33-3)13-20(15-28)27-30-22-6-4-5-7-23(22)31-27/h4-14H,16H2,1-3H3,(H,29,32)(H,30,31). The Morgan fingerprint density at radius 3 is 2.65 bits per heavy atom. The first-order valence-electron chi connectivity index (χ1n) is 10.7. The number of allylic oxidation sites excluding steroid dienone is 1. The fourth-order valence-electron chi connectivity index (χ4n) is 3.45. The SMILES string of the molecule is COc1cc(C=C(C#N)c2nc3ccccc3[nH]2)ccc1OCC(=O)Nc1ccc(C)c(C)c1. The summed E-state index contributed by atoms with van der Waals surface area (Å²) in [6.45, 7) is 3.85. The summed E-state index contributed by atoms with van der Waals surface area (Å²) < 4.78 is 11.1. The Balaban J connectivity index is 1.47. The van der Waals surface area contributed by atoms with E-state index in [1.807, 2.05) is 56.3 Å². The van der Waals surface area contributed by atoms with Gasteiger partial charge in [-0.2, -0.15) is 5.26 Å². The molecule has 3 aromatic carbocycles. The molecule has 0 unspecified atom stereocenters. The molecule has 0 radical (unpaired) electrons. The zero-order valence-corrected chi connectivity index (χ0v) is 19.2. The molecule has 1 amide bonds. The van der Waals surface area contributed by atoms with Crippen molar-refractivity contribution in [3.05, 3.63) is 83.2 Å². The second-order valence-corrected chi connectivity index (χ2v) is 7.82. The van der Waals surface area contributed by atoms with E-state index in [4.69, 9.17) is 9.47 Å². The first-order valence-corrected chi connectivity index (χ1v) is 10.7. The number of carbonyl (C=O) groups is 1. The van der Waals surface area contributed by atoms with Crippen molar-refractivity contribution in [2.24, 2.45) is 0 Å². The maximum atomic E-state index is 12.3. The topological polar surface area (TPSA) is 100 Å². The van der Waals surface area contributed by atoms with Crippen LogP contribution in [0.4, 0.5) is 5.69 Å². The van der Waals surface area contributed by atoms with Gasteiger partial charge < -0.3 is 19.8 Å². The third-order valence-electron chi connectivity index (χ3n) is 5.41. The zero-order chi connectivity index (χ0) is 24.1. The number of imidazole rings is 1. The molecule has 4 rings (SSSR count). The fraction of sp³-hybridized carbons (Fsp3) is 0.148. The van der Waals surface area contributed by atoms with Gasteiger partial charge in [-0.05, 0) is 73.0 Å². The number of hydrogen-bond donors (Lipinski definition) is 2. The van der Waals surface area contributed by atoms with E-state index in [0.717, 1.165) is 33.4 Å². The number of hydrogen-bond acceptors (Lipinski definition) is 5. The van der Waals surface area contributed by atoms with E-state index in [1.165, 1.54) is 7.11 Å². The first kappa shape index (κ1) is 22.6. The molecule has 0 bridgehead atoms. The number of methoxy groups -OCH3 is 1. The van der Waals surface area contributed by atoms with Gasteiger partial charge in [0.05, 0.1) is 23.7 Å². The van der Waals surface area contributed by atoms with Crippen molar-refractivity contribution < 1.29 is 14.3 Å². The predicted octanol–water partition coefficient (Wildman–Crippen LogP) is 5.27. The lowest BCUT2D eigenvalue weighted by molar-refractivity contribution is -0.118. The van der Waals surface area contributed by atoms with E-state index >= 15 is 0 Å². The molecule has 0 spiro atoms. The van der Waals surface area contributed by atoms with Gasteiger partial charge in [-0.1, -0.05) is 24.3 Å². The number of carbonyl (C=O) groups excluding carboxylic acids is 1. The molecule has 0 aliphatic rings. The number of para-hydroxylation sites is 2. The van der Waals surface area contributed by atoms with Crippen LogP contribution in [0.1, 0.15) is 22.5 Å². The Bertz CT molecular complexity index is 1400. The maximum absolute atomic E-state index is 12.3. The van der Waals surface area contributed by atoms with Crippen LogP contribution in [0, 0.1) is 25.2 Å². The number of nitrogens with one attached hydrogen (secondary N) is 2. The quantitative estimate of drug-likeness (QED) is 0.372. The third kappa shape index (κ3) is 5.08. The van der Waals surface area contributed by atoms with Crippen LogP contribution < -0.4 is 14.8 Å². The summed E-state index contributed by atoms with van der Waals surface area (Å²) in [6.07, 6.45) is 1.72. The lowest BCUT2D eigenvalue weighted by atomic mass is 10.1. The molecule has 7 heteroatoms. The predicted molar refractivity (Wildman–Crippen MR) is 133 cm³/mol. The number of nitrogens with zero attached hydrogens (tertiary/aromatic N) is 2. The van der Waals surface area contributed by atoms with Crippen molar-refractivity contribution in [3.8, 4) is 17.6 Å². The highest BCUT2D eigenvalue weighted by Crippen LogP contribution is 2.30. The van der Waals surface area contributed by atoms with Gasteiger partial charge in [0.2, 0.25) is 0 Å². The van der Waals surface area contributed by atoms with Crippen molar-refractivity contribution in [1.82, 2.24) is 9.97 Å². The van der Waals surface area contributed by atoms with Gasteiger partial charge in [-0.15, -0.1) is 0 Å². The number of nitriles is 1. The summed E-state index contributed by atoms with van der Waals surface area (Å²) in [5.74, 6) is 1.10. The molecule has 0 saturated carbocycles. The van der Waals surface area contributed by atoms with Crippen LogP contribution in [0.15, 0.2) is 60.7 Å². The van der Waals surface area contributed by atoms with E-state index < -0.39 is 0 Å². The van der Waals surface area contributed by atoms with Gasteiger partial charge in [0.1, 0.15) is 11.9 Å². The summed E-state index contributed by atoms with van der Waals surface area (Å²) in [7, 11) is 1.52. The molecule has 7 nitrogen and oxygen atoms in total. The van der Waals surface area contributed by atoms with E-state index in [2.05, 4.69) is 21.4 Å². The second-order valence-electron chi connectivity index (χ2n) is 7.82. The van der Waals surface area contributed by atoms with Crippen LogP contribution >= 0.6 is 0 Å². The molecule has 34 heavy (non-hydrogen) atoms. The highest BCUT2D eigenvalue weighted by atomic mass is 16.5. The monoisotopic (exact) mass is 452 g/mol. The number of anilines is 1. The number of ether oxygens (including phenoxy) is 2. The summed E-state index contributed by atoms with van der Waals surface area (Å²) in [6, 6.07) is 20.8. The summed E-state index contributed by atoms with van der Waals surface area (Å²) in [4.78, 5) is 20.0. The van der Waals surface area contributed by atoms with Crippen molar-refractivity contribution in [2.45, 2.75) is 13.8 Å². The largest absolute Gasteiger partial charge is 0.493 e. The van der Waals surface area contributed by atoms with Crippen LogP contribution in [0.5, 0.6) is 11.5 Å². The van der Waals surface area contributed by atoms with Crippen molar-refractivity contribution in [1.29, 1.82) is 5.26 Å². The van der Waals surface area contributed by atoms with E-state index in [-0.39, 0.29) is 12.5 Å². The molecule has 2 N–H and O–H groups in total. The minimum atomic E-state index is -0.272. The van der Waals surface area contributed by atoms with Crippen molar-refractivity contribution in [2.75, 3.05) is 19.0 Å². The zero-order valence-electron chi connectivity index (χ0n) is 19.2. The smallest absolute Gasteiger partial charge is 0.262 e. The van der Waals surface area contributed by atoms with Crippen LogP contribution in [-0.4, -0.2) is 29.6 Å². The van der Waals surface area contributed by atoms with Gasteiger partial charge in [0.15, 0.2) is 18.1 Å². The van der Waals surface area contributed by atoms with E-state index in [0.29, 0.717) is 22.9 Å². The molecule has 4 aromatic rings. The average molecular weight is 453 g/mol. The number of H-pyrrole nitrogens is 1. The summed E-state index contributed by atoms with van der Waals surface area (Å²) in [5.41, 5.74) is 5.76. The number of benzene rings is 3. The number of rotatable bonds is 7. The molecule has 1 heterocycles. The molecule has 0 fully saturated rings. The minimum absolute atomic E-state index is 0.166. The number of fused-ring (bicyclic) bond motifs is 1.